The molecule has 19 heavy (non-hydrogen) atoms. The minimum atomic E-state index is 0.756. The van der Waals surface area contributed by atoms with Crippen LogP contribution in [0.1, 0.15) is 18.9 Å². The molecule has 0 saturated carbocycles. The molecule has 0 bridgehead atoms. The van der Waals surface area contributed by atoms with E-state index in [-0.39, 0.29) is 0 Å². The van der Waals surface area contributed by atoms with Crippen LogP contribution in [-0.4, -0.2) is 44.2 Å². The Morgan fingerprint density at radius 2 is 2.11 bits per heavy atom. The third-order valence-corrected chi connectivity index (χ3v) is 3.85. The van der Waals surface area contributed by atoms with E-state index in [1.54, 1.807) is 0 Å². The van der Waals surface area contributed by atoms with Crippen molar-refractivity contribution in [1.29, 1.82) is 0 Å². The lowest BCUT2D eigenvalue weighted by molar-refractivity contribution is 0.214. The zero-order valence-electron chi connectivity index (χ0n) is 11.6. The van der Waals surface area contributed by atoms with Crippen LogP contribution in [0.15, 0.2) is 18.2 Å². The third-order valence-electron chi connectivity index (χ3n) is 3.50. The molecule has 1 aliphatic rings. The van der Waals surface area contributed by atoms with Gasteiger partial charge in [0.05, 0.1) is 6.61 Å². The van der Waals surface area contributed by atoms with Crippen molar-refractivity contribution in [3.05, 3.63) is 28.8 Å². The first-order valence-electron chi connectivity index (χ1n) is 7.14. The second-order valence-corrected chi connectivity index (χ2v) is 5.31. The summed E-state index contributed by atoms with van der Waals surface area (Å²) in [7, 11) is 0. The summed E-state index contributed by atoms with van der Waals surface area (Å²) in [5, 5.41) is 4.17. The molecular weight excluding hydrogens is 260 g/mol. The van der Waals surface area contributed by atoms with Gasteiger partial charge in [-0.2, -0.15) is 0 Å². The van der Waals surface area contributed by atoms with Crippen molar-refractivity contribution in [2.24, 2.45) is 0 Å². The highest BCUT2D eigenvalue weighted by Crippen LogP contribution is 2.22. The van der Waals surface area contributed by atoms with E-state index in [9.17, 15) is 0 Å². The molecule has 0 spiro atoms. The smallest absolute Gasteiger partial charge is 0.120 e. The Labute approximate surface area is 120 Å². The largest absolute Gasteiger partial charge is 0.493 e. The average Bonchev–Trinajstić information content (AvgIpc) is 2.45. The van der Waals surface area contributed by atoms with Crippen LogP contribution in [0.2, 0.25) is 5.02 Å². The third kappa shape index (κ3) is 4.68. The lowest BCUT2D eigenvalue weighted by atomic mass is 10.2. The highest BCUT2D eigenvalue weighted by molar-refractivity contribution is 6.31. The van der Waals surface area contributed by atoms with E-state index >= 15 is 0 Å². The maximum atomic E-state index is 6.17. The van der Waals surface area contributed by atoms with Gasteiger partial charge in [-0.1, -0.05) is 24.6 Å². The van der Waals surface area contributed by atoms with Crippen molar-refractivity contribution in [1.82, 2.24) is 10.2 Å². The molecule has 1 N–H and O–H groups in total. The van der Waals surface area contributed by atoms with Crippen LogP contribution in [-0.2, 0) is 6.42 Å². The van der Waals surface area contributed by atoms with E-state index in [4.69, 9.17) is 16.3 Å². The summed E-state index contributed by atoms with van der Waals surface area (Å²) in [5.41, 5.74) is 1.18. The second kappa shape index (κ2) is 7.73. The minimum Gasteiger partial charge on any atom is -0.493 e. The first-order valence-corrected chi connectivity index (χ1v) is 7.51. The van der Waals surface area contributed by atoms with Crippen molar-refractivity contribution >= 4 is 11.6 Å². The molecule has 1 saturated heterocycles. The Hall–Kier alpha value is -0.770. The number of benzene rings is 1. The molecule has 2 rings (SSSR count). The van der Waals surface area contributed by atoms with E-state index in [0.29, 0.717) is 0 Å². The van der Waals surface area contributed by atoms with Crippen LogP contribution >= 0.6 is 11.6 Å². The van der Waals surface area contributed by atoms with Gasteiger partial charge in [0.2, 0.25) is 0 Å². The monoisotopic (exact) mass is 282 g/mol. The van der Waals surface area contributed by atoms with E-state index in [2.05, 4.69) is 17.1 Å². The molecule has 0 radical (unpaired) electrons. The molecule has 0 aliphatic carbocycles. The summed E-state index contributed by atoms with van der Waals surface area (Å²) in [6.45, 7) is 8.49. The van der Waals surface area contributed by atoms with Crippen molar-refractivity contribution in [2.75, 3.05) is 39.3 Å². The molecule has 1 aromatic carbocycles. The number of hydrogen-bond donors (Lipinski definition) is 1. The SMILES string of the molecule is CCc1ccc(OCCCN2CCNCC2)cc1Cl. The van der Waals surface area contributed by atoms with E-state index in [0.717, 1.165) is 62.9 Å². The van der Waals surface area contributed by atoms with Crippen LogP contribution < -0.4 is 10.1 Å². The summed E-state index contributed by atoms with van der Waals surface area (Å²) >= 11 is 6.17. The zero-order chi connectivity index (χ0) is 13.5. The van der Waals surface area contributed by atoms with Gasteiger partial charge in [-0.05, 0) is 30.5 Å². The Morgan fingerprint density at radius 3 is 2.79 bits per heavy atom. The highest BCUT2D eigenvalue weighted by Gasteiger charge is 2.08. The maximum Gasteiger partial charge on any atom is 0.120 e. The van der Waals surface area contributed by atoms with Crippen molar-refractivity contribution in [2.45, 2.75) is 19.8 Å². The zero-order valence-corrected chi connectivity index (χ0v) is 12.4. The molecule has 1 aromatic rings. The highest BCUT2D eigenvalue weighted by atomic mass is 35.5. The fourth-order valence-corrected chi connectivity index (χ4v) is 2.62. The normalized spacial score (nSPS) is 16.5. The molecule has 0 atom stereocenters. The molecule has 1 fully saturated rings. The molecule has 1 aliphatic heterocycles. The molecule has 0 aromatic heterocycles. The van der Waals surface area contributed by atoms with Crippen LogP contribution in [0.4, 0.5) is 0 Å². The van der Waals surface area contributed by atoms with Crippen LogP contribution in [0.5, 0.6) is 5.75 Å². The molecule has 1 heterocycles. The fraction of sp³-hybridized carbons (Fsp3) is 0.600. The Morgan fingerprint density at radius 1 is 1.32 bits per heavy atom. The lowest BCUT2D eigenvalue weighted by Crippen LogP contribution is -2.43. The summed E-state index contributed by atoms with van der Waals surface area (Å²) in [5.74, 6) is 0.877. The van der Waals surface area contributed by atoms with Crippen LogP contribution in [0.3, 0.4) is 0 Å². The van der Waals surface area contributed by atoms with E-state index in [1.807, 2.05) is 18.2 Å². The van der Waals surface area contributed by atoms with Crippen LogP contribution in [0, 0.1) is 0 Å². The number of piperazine rings is 1. The summed E-state index contributed by atoms with van der Waals surface area (Å²) in [6.07, 6.45) is 2.02. The van der Waals surface area contributed by atoms with Gasteiger partial charge in [-0.15, -0.1) is 0 Å². The van der Waals surface area contributed by atoms with Gasteiger partial charge >= 0.3 is 0 Å². The Balaban J connectivity index is 1.69. The first kappa shape index (κ1) is 14.6. The first-order chi connectivity index (χ1) is 9.29. The summed E-state index contributed by atoms with van der Waals surface area (Å²) < 4.78 is 5.75. The number of aryl methyl sites for hydroxylation is 1. The number of hydrogen-bond acceptors (Lipinski definition) is 3. The maximum absolute atomic E-state index is 6.17. The van der Waals surface area contributed by atoms with Crippen molar-refractivity contribution < 1.29 is 4.74 Å². The molecule has 106 valence electrons. The number of ether oxygens (including phenoxy) is 1. The van der Waals surface area contributed by atoms with Crippen molar-refractivity contribution in [3.8, 4) is 5.75 Å². The fourth-order valence-electron chi connectivity index (χ4n) is 2.32. The molecular formula is C15H23ClN2O. The number of nitrogens with zero attached hydrogens (tertiary/aromatic N) is 1. The molecule has 0 unspecified atom stereocenters. The second-order valence-electron chi connectivity index (χ2n) is 4.90. The van der Waals surface area contributed by atoms with Gasteiger partial charge in [0.1, 0.15) is 5.75 Å². The van der Waals surface area contributed by atoms with Crippen molar-refractivity contribution in [3.63, 3.8) is 0 Å². The van der Waals surface area contributed by atoms with E-state index in [1.165, 1.54) is 5.56 Å². The summed E-state index contributed by atoms with van der Waals surface area (Å²) in [6, 6.07) is 5.98. The van der Waals surface area contributed by atoms with Crippen LogP contribution in [0.25, 0.3) is 0 Å². The number of halogens is 1. The Kier molecular flexibility index (Phi) is 5.95. The topological polar surface area (TPSA) is 24.5 Å². The lowest BCUT2D eigenvalue weighted by Gasteiger charge is -2.26. The van der Waals surface area contributed by atoms with Gasteiger partial charge in [-0.25, -0.2) is 0 Å². The summed E-state index contributed by atoms with van der Waals surface area (Å²) in [4.78, 5) is 2.48. The Bertz CT molecular complexity index is 392. The van der Waals surface area contributed by atoms with Gasteiger partial charge < -0.3 is 15.0 Å². The van der Waals surface area contributed by atoms with E-state index < -0.39 is 0 Å². The van der Waals surface area contributed by atoms with Gasteiger partial charge in [0.15, 0.2) is 0 Å². The van der Waals surface area contributed by atoms with Gasteiger partial charge in [0, 0.05) is 37.7 Å². The molecule has 4 heteroatoms. The predicted molar refractivity (Wildman–Crippen MR) is 80.3 cm³/mol. The quantitative estimate of drug-likeness (QED) is 0.812. The number of nitrogens with one attached hydrogen (secondary N) is 1. The molecule has 0 amide bonds. The average molecular weight is 283 g/mol. The van der Waals surface area contributed by atoms with Gasteiger partial charge in [-0.3, -0.25) is 0 Å². The standard InChI is InChI=1S/C15H23ClN2O/c1-2-13-4-5-14(12-15(13)16)19-11-3-8-18-9-6-17-7-10-18/h4-5,12,17H,2-3,6-11H2,1H3. The van der Waals surface area contributed by atoms with Gasteiger partial charge in [0.25, 0.3) is 0 Å². The predicted octanol–water partition coefficient (Wildman–Crippen LogP) is 2.58. The minimum absolute atomic E-state index is 0.756. The number of rotatable bonds is 6. The molecule has 3 nitrogen and oxygen atoms in total.